The van der Waals surface area contributed by atoms with E-state index in [0.29, 0.717) is 11.8 Å². The van der Waals surface area contributed by atoms with Gasteiger partial charge in [0, 0.05) is 4.90 Å². The van der Waals surface area contributed by atoms with Crippen LogP contribution >= 0.6 is 11.8 Å². The van der Waals surface area contributed by atoms with Gasteiger partial charge in [0.1, 0.15) is 6.10 Å². The van der Waals surface area contributed by atoms with Gasteiger partial charge in [-0.1, -0.05) is 12.1 Å². The van der Waals surface area contributed by atoms with Crippen LogP contribution in [-0.2, 0) is 4.79 Å². The van der Waals surface area contributed by atoms with Gasteiger partial charge in [-0.25, -0.2) is 0 Å². The molecule has 12 heavy (non-hydrogen) atoms. The highest BCUT2D eigenvalue weighted by atomic mass is 32.2. The molecule has 0 aromatic heterocycles. The lowest BCUT2D eigenvalue weighted by Gasteiger charge is -2.03. The average molecular weight is 182 g/mol. The Morgan fingerprint density at radius 3 is 2.42 bits per heavy atom. The van der Waals surface area contributed by atoms with Crippen molar-refractivity contribution >= 4 is 18.0 Å². The molecule has 64 valence electrons. The van der Waals surface area contributed by atoms with Crippen molar-refractivity contribution in [2.24, 2.45) is 0 Å². The van der Waals surface area contributed by atoms with Gasteiger partial charge < -0.3 is 9.90 Å². The first-order valence-corrected chi connectivity index (χ1v) is 4.77. The van der Waals surface area contributed by atoms with E-state index >= 15 is 0 Å². The fraction of sp³-hybridized carbons (Fsp3) is 0.222. The van der Waals surface area contributed by atoms with Gasteiger partial charge in [0.15, 0.2) is 6.29 Å². The van der Waals surface area contributed by atoms with Crippen molar-refractivity contribution < 1.29 is 9.90 Å². The van der Waals surface area contributed by atoms with Crippen LogP contribution in [0.15, 0.2) is 29.2 Å². The summed E-state index contributed by atoms with van der Waals surface area (Å²) in [5.74, 6) is 0. The molecule has 0 amide bonds. The predicted octanol–water partition coefficient (Wildman–Crippen LogP) is 1.64. The van der Waals surface area contributed by atoms with Crippen LogP contribution in [0.5, 0.6) is 0 Å². The molecule has 0 radical (unpaired) electrons. The van der Waals surface area contributed by atoms with Crippen LogP contribution in [0.4, 0.5) is 0 Å². The van der Waals surface area contributed by atoms with Crippen molar-refractivity contribution in [3.05, 3.63) is 29.8 Å². The predicted molar refractivity (Wildman–Crippen MR) is 49.2 cm³/mol. The summed E-state index contributed by atoms with van der Waals surface area (Å²) < 4.78 is 0. The molecule has 1 N–H and O–H groups in total. The molecule has 0 spiro atoms. The van der Waals surface area contributed by atoms with Crippen LogP contribution in [0.1, 0.15) is 11.7 Å². The van der Waals surface area contributed by atoms with Gasteiger partial charge in [0.25, 0.3) is 0 Å². The summed E-state index contributed by atoms with van der Waals surface area (Å²) in [6.07, 6.45) is 1.51. The third-order valence-electron chi connectivity index (χ3n) is 1.59. The highest BCUT2D eigenvalue weighted by molar-refractivity contribution is 7.98. The summed E-state index contributed by atoms with van der Waals surface area (Å²) in [5, 5.41) is 9.12. The lowest BCUT2D eigenvalue weighted by Crippen LogP contribution is -1.97. The highest BCUT2D eigenvalue weighted by Gasteiger charge is 2.03. The third-order valence-corrected chi connectivity index (χ3v) is 2.33. The number of hydrogen-bond donors (Lipinski definition) is 1. The molecule has 1 aromatic rings. The first-order chi connectivity index (χ1) is 5.77. The summed E-state index contributed by atoms with van der Waals surface area (Å²) in [5.41, 5.74) is 0.641. The number of benzene rings is 1. The molecule has 0 fully saturated rings. The monoisotopic (exact) mass is 182 g/mol. The largest absolute Gasteiger partial charge is 0.381 e. The van der Waals surface area contributed by atoms with Crippen LogP contribution in [0, 0.1) is 0 Å². The third kappa shape index (κ3) is 2.09. The van der Waals surface area contributed by atoms with Gasteiger partial charge in [-0.05, 0) is 24.0 Å². The van der Waals surface area contributed by atoms with Crippen LogP contribution in [0.3, 0.4) is 0 Å². The molecular weight excluding hydrogens is 172 g/mol. The van der Waals surface area contributed by atoms with Gasteiger partial charge in [0.2, 0.25) is 0 Å². The van der Waals surface area contributed by atoms with Crippen molar-refractivity contribution in [2.45, 2.75) is 11.0 Å². The summed E-state index contributed by atoms with van der Waals surface area (Å²) in [6, 6.07) is 7.27. The van der Waals surface area contributed by atoms with Gasteiger partial charge >= 0.3 is 0 Å². The van der Waals surface area contributed by atoms with E-state index in [-0.39, 0.29) is 0 Å². The standard InChI is InChI=1S/C9H10O2S/c1-12-8-4-2-7(3-5-8)9(11)6-10/h2-6,9,11H,1H3. The average Bonchev–Trinajstić information content (AvgIpc) is 2.17. The first kappa shape index (κ1) is 9.29. The van der Waals surface area contributed by atoms with E-state index in [1.54, 1.807) is 23.9 Å². The fourth-order valence-corrected chi connectivity index (χ4v) is 1.29. The van der Waals surface area contributed by atoms with Crippen molar-refractivity contribution in [1.29, 1.82) is 0 Å². The molecule has 0 saturated carbocycles. The van der Waals surface area contributed by atoms with E-state index in [0.717, 1.165) is 4.90 Å². The Balaban J connectivity index is 2.84. The molecule has 0 saturated heterocycles. The number of thioether (sulfide) groups is 1. The molecule has 3 heteroatoms. The van der Waals surface area contributed by atoms with Crippen molar-refractivity contribution in [2.75, 3.05) is 6.26 Å². The molecule has 0 bridgehead atoms. The summed E-state index contributed by atoms with van der Waals surface area (Å²) in [4.78, 5) is 11.3. The maximum Gasteiger partial charge on any atom is 0.153 e. The second kappa shape index (κ2) is 4.28. The quantitative estimate of drug-likeness (QED) is 0.570. The molecule has 0 aliphatic rings. The molecule has 1 atom stereocenters. The minimum absolute atomic E-state index is 0.522. The van der Waals surface area contributed by atoms with E-state index in [2.05, 4.69) is 0 Å². The zero-order chi connectivity index (χ0) is 8.97. The number of rotatable bonds is 3. The minimum Gasteiger partial charge on any atom is -0.381 e. The number of carbonyl (C=O) groups is 1. The topological polar surface area (TPSA) is 37.3 Å². The SMILES string of the molecule is CSc1ccc(C(O)C=O)cc1. The molecule has 0 aliphatic heterocycles. The number of hydrogen-bond acceptors (Lipinski definition) is 3. The van der Waals surface area contributed by atoms with E-state index < -0.39 is 6.10 Å². The normalized spacial score (nSPS) is 12.5. The van der Waals surface area contributed by atoms with Crippen molar-refractivity contribution in [3.8, 4) is 0 Å². The van der Waals surface area contributed by atoms with E-state index in [1.165, 1.54) is 0 Å². The Morgan fingerprint density at radius 1 is 1.42 bits per heavy atom. The number of aliphatic hydroxyl groups is 1. The van der Waals surface area contributed by atoms with E-state index in [1.807, 2.05) is 18.4 Å². The molecule has 0 aliphatic carbocycles. The van der Waals surface area contributed by atoms with Gasteiger partial charge in [0.05, 0.1) is 0 Å². The highest BCUT2D eigenvalue weighted by Crippen LogP contribution is 2.17. The Kier molecular flexibility index (Phi) is 3.31. The molecular formula is C9H10O2S. The molecule has 2 nitrogen and oxygen atoms in total. The molecule has 0 heterocycles. The summed E-state index contributed by atoms with van der Waals surface area (Å²) in [6.45, 7) is 0. The zero-order valence-corrected chi connectivity index (χ0v) is 7.54. The Hall–Kier alpha value is -0.800. The van der Waals surface area contributed by atoms with E-state index in [9.17, 15) is 4.79 Å². The maximum atomic E-state index is 10.2. The Labute approximate surface area is 75.6 Å². The van der Waals surface area contributed by atoms with Gasteiger partial charge in [-0.2, -0.15) is 0 Å². The second-order valence-corrected chi connectivity index (χ2v) is 3.23. The van der Waals surface area contributed by atoms with E-state index in [4.69, 9.17) is 5.11 Å². The first-order valence-electron chi connectivity index (χ1n) is 3.55. The van der Waals surface area contributed by atoms with Crippen molar-refractivity contribution in [1.82, 2.24) is 0 Å². The number of aldehydes is 1. The molecule has 1 aromatic carbocycles. The fourth-order valence-electron chi connectivity index (χ4n) is 0.880. The lowest BCUT2D eigenvalue weighted by molar-refractivity contribution is -0.115. The second-order valence-electron chi connectivity index (χ2n) is 2.35. The van der Waals surface area contributed by atoms with Crippen molar-refractivity contribution in [3.63, 3.8) is 0 Å². The smallest absolute Gasteiger partial charge is 0.153 e. The van der Waals surface area contributed by atoms with Crippen LogP contribution < -0.4 is 0 Å². The zero-order valence-electron chi connectivity index (χ0n) is 6.73. The van der Waals surface area contributed by atoms with Gasteiger partial charge in [-0.3, -0.25) is 0 Å². The maximum absolute atomic E-state index is 10.2. The summed E-state index contributed by atoms with van der Waals surface area (Å²) in [7, 11) is 0. The number of carbonyl (C=O) groups excluding carboxylic acids is 1. The molecule has 1 unspecified atom stereocenters. The lowest BCUT2D eigenvalue weighted by atomic mass is 10.1. The minimum atomic E-state index is -0.985. The Morgan fingerprint density at radius 2 is 2.00 bits per heavy atom. The molecule has 1 rings (SSSR count). The van der Waals surface area contributed by atoms with Crippen LogP contribution in [0.25, 0.3) is 0 Å². The van der Waals surface area contributed by atoms with Crippen LogP contribution in [-0.4, -0.2) is 17.6 Å². The Bertz CT molecular complexity index is 256. The number of aliphatic hydroxyl groups excluding tert-OH is 1. The van der Waals surface area contributed by atoms with Crippen LogP contribution in [0.2, 0.25) is 0 Å². The summed E-state index contributed by atoms with van der Waals surface area (Å²) >= 11 is 1.63. The van der Waals surface area contributed by atoms with Gasteiger partial charge in [-0.15, -0.1) is 11.8 Å².